The van der Waals surface area contributed by atoms with Crippen LogP contribution in [0.4, 0.5) is 0 Å². The van der Waals surface area contributed by atoms with E-state index in [2.05, 4.69) is 47.1 Å². The topological polar surface area (TPSA) is 37.5 Å². The molecule has 3 rings (SSSR count). The van der Waals surface area contributed by atoms with Crippen molar-refractivity contribution in [1.82, 2.24) is 4.57 Å². The molecule has 0 aliphatic rings. The highest BCUT2D eigenvalue weighted by Crippen LogP contribution is 2.28. The number of hydrogen-bond donors (Lipinski definition) is 1. The summed E-state index contributed by atoms with van der Waals surface area (Å²) in [5.74, 6) is 0. The number of para-hydroxylation sites is 1. The Kier molecular flexibility index (Phi) is 2.33. The Bertz CT molecular complexity index is 769. The molecule has 0 spiro atoms. The zero-order valence-corrected chi connectivity index (χ0v) is 10.4. The van der Waals surface area contributed by atoms with E-state index in [0.29, 0.717) is 5.71 Å². The molecule has 0 atom stereocenters. The van der Waals surface area contributed by atoms with Gasteiger partial charge >= 0.3 is 0 Å². The molecule has 3 nitrogen and oxygen atoms in total. The second-order valence-electron chi connectivity index (χ2n) is 4.49. The fourth-order valence-electron chi connectivity index (χ4n) is 2.44. The standard InChI is InChI=1S/C15H14N2O/c1-10(16-18)11-7-8-13-12-5-3-4-6-14(12)17(2)15(13)9-11/h3-9,18H,1-2H3/b16-10+. The van der Waals surface area contributed by atoms with Crippen molar-refractivity contribution >= 4 is 27.5 Å². The van der Waals surface area contributed by atoms with Crippen LogP contribution in [0.15, 0.2) is 47.6 Å². The number of rotatable bonds is 1. The van der Waals surface area contributed by atoms with Gasteiger partial charge in [0.1, 0.15) is 0 Å². The van der Waals surface area contributed by atoms with E-state index in [-0.39, 0.29) is 0 Å². The monoisotopic (exact) mass is 238 g/mol. The Labute approximate surface area is 105 Å². The lowest BCUT2D eigenvalue weighted by atomic mass is 10.1. The minimum absolute atomic E-state index is 0.627. The van der Waals surface area contributed by atoms with E-state index >= 15 is 0 Å². The Balaban J connectivity index is 2.42. The van der Waals surface area contributed by atoms with Crippen LogP contribution in [0, 0.1) is 0 Å². The second kappa shape index (κ2) is 3.88. The Morgan fingerprint density at radius 3 is 2.56 bits per heavy atom. The SMILES string of the molecule is C/C(=N\O)c1ccc2c3ccccc3n(C)c2c1. The summed E-state index contributed by atoms with van der Waals surface area (Å²) in [7, 11) is 2.06. The van der Waals surface area contributed by atoms with Crippen molar-refractivity contribution in [1.29, 1.82) is 0 Å². The first kappa shape index (κ1) is 10.8. The second-order valence-corrected chi connectivity index (χ2v) is 4.49. The van der Waals surface area contributed by atoms with Gasteiger partial charge in [0, 0.05) is 34.4 Å². The molecular formula is C15H14N2O. The van der Waals surface area contributed by atoms with Crippen LogP contribution in [0.5, 0.6) is 0 Å². The number of benzene rings is 2. The maximum absolute atomic E-state index is 8.85. The average Bonchev–Trinajstić information content (AvgIpc) is 2.72. The molecule has 0 fully saturated rings. The maximum atomic E-state index is 8.85. The lowest BCUT2D eigenvalue weighted by Gasteiger charge is -2.01. The van der Waals surface area contributed by atoms with E-state index in [1.54, 1.807) is 6.92 Å². The number of aromatic nitrogens is 1. The van der Waals surface area contributed by atoms with Crippen molar-refractivity contribution in [3.63, 3.8) is 0 Å². The molecule has 1 N–H and O–H groups in total. The van der Waals surface area contributed by atoms with Crippen LogP contribution in [-0.2, 0) is 7.05 Å². The third-order valence-electron chi connectivity index (χ3n) is 3.48. The van der Waals surface area contributed by atoms with Gasteiger partial charge in [-0.1, -0.05) is 35.5 Å². The summed E-state index contributed by atoms with van der Waals surface area (Å²) in [6.07, 6.45) is 0. The van der Waals surface area contributed by atoms with Gasteiger partial charge in [-0.25, -0.2) is 0 Å². The third kappa shape index (κ3) is 1.40. The smallest absolute Gasteiger partial charge is 0.0837 e. The largest absolute Gasteiger partial charge is 0.411 e. The number of aryl methyl sites for hydroxylation is 1. The highest BCUT2D eigenvalue weighted by Gasteiger charge is 2.08. The molecule has 0 saturated heterocycles. The minimum Gasteiger partial charge on any atom is -0.411 e. The van der Waals surface area contributed by atoms with Gasteiger partial charge in [-0.15, -0.1) is 0 Å². The minimum atomic E-state index is 0.627. The van der Waals surface area contributed by atoms with Crippen LogP contribution >= 0.6 is 0 Å². The molecule has 0 bridgehead atoms. The van der Waals surface area contributed by atoms with E-state index in [1.165, 1.54) is 16.3 Å². The van der Waals surface area contributed by atoms with Crippen LogP contribution in [0.3, 0.4) is 0 Å². The predicted molar refractivity (Wildman–Crippen MR) is 74.4 cm³/mol. The normalized spacial score (nSPS) is 12.4. The van der Waals surface area contributed by atoms with Crippen molar-refractivity contribution in [2.75, 3.05) is 0 Å². The molecule has 3 aromatic rings. The summed E-state index contributed by atoms with van der Waals surface area (Å²) >= 11 is 0. The van der Waals surface area contributed by atoms with Crippen LogP contribution in [0.25, 0.3) is 21.8 Å². The fraction of sp³-hybridized carbons (Fsp3) is 0.133. The van der Waals surface area contributed by atoms with Crippen molar-refractivity contribution in [2.45, 2.75) is 6.92 Å². The van der Waals surface area contributed by atoms with Crippen molar-refractivity contribution in [3.05, 3.63) is 48.0 Å². The van der Waals surface area contributed by atoms with E-state index in [1.807, 2.05) is 12.1 Å². The molecule has 90 valence electrons. The van der Waals surface area contributed by atoms with Gasteiger partial charge in [0.2, 0.25) is 0 Å². The van der Waals surface area contributed by atoms with E-state index in [0.717, 1.165) is 11.1 Å². The summed E-state index contributed by atoms with van der Waals surface area (Å²) in [6, 6.07) is 14.5. The van der Waals surface area contributed by atoms with Gasteiger partial charge in [0.25, 0.3) is 0 Å². The molecular weight excluding hydrogens is 224 g/mol. The molecule has 0 unspecified atom stereocenters. The summed E-state index contributed by atoms with van der Waals surface area (Å²) in [6.45, 7) is 1.80. The molecule has 18 heavy (non-hydrogen) atoms. The highest BCUT2D eigenvalue weighted by molar-refractivity contribution is 6.10. The molecule has 0 saturated carbocycles. The lowest BCUT2D eigenvalue weighted by molar-refractivity contribution is 0.319. The Morgan fingerprint density at radius 1 is 1.06 bits per heavy atom. The Morgan fingerprint density at radius 2 is 1.78 bits per heavy atom. The molecule has 0 aliphatic heterocycles. The van der Waals surface area contributed by atoms with Gasteiger partial charge in [-0.05, 0) is 19.1 Å². The third-order valence-corrected chi connectivity index (χ3v) is 3.48. The van der Waals surface area contributed by atoms with Crippen molar-refractivity contribution in [2.24, 2.45) is 12.2 Å². The summed E-state index contributed by atoms with van der Waals surface area (Å²) in [5, 5.41) is 14.6. The molecule has 2 aromatic carbocycles. The first-order valence-corrected chi connectivity index (χ1v) is 5.88. The molecule has 0 radical (unpaired) electrons. The van der Waals surface area contributed by atoms with Gasteiger partial charge in [0.15, 0.2) is 0 Å². The van der Waals surface area contributed by atoms with Gasteiger partial charge in [-0.2, -0.15) is 0 Å². The number of fused-ring (bicyclic) bond motifs is 3. The maximum Gasteiger partial charge on any atom is 0.0837 e. The van der Waals surface area contributed by atoms with Crippen LogP contribution in [0.2, 0.25) is 0 Å². The average molecular weight is 238 g/mol. The summed E-state index contributed by atoms with van der Waals surface area (Å²) < 4.78 is 2.17. The van der Waals surface area contributed by atoms with Crippen LogP contribution < -0.4 is 0 Å². The number of oxime groups is 1. The quantitative estimate of drug-likeness (QED) is 0.393. The van der Waals surface area contributed by atoms with Crippen molar-refractivity contribution < 1.29 is 5.21 Å². The molecule has 0 aliphatic carbocycles. The van der Waals surface area contributed by atoms with E-state index in [4.69, 9.17) is 5.21 Å². The van der Waals surface area contributed by atoms with Gasteiger partial charge in [0.05, 0.1) is 5.71 Å². The molecule has 3 heteroatoms. The van der Waals surface area contributed by atoms with Gasteiger partial charge < -0.3 is 9.77 Å². The molecule has 0 amide bonds. The van der Waals surface area contributed by atoms with Crippen LogP contribution in [0.1, 0.15) is 12.5 Å². The zero-order valence-electron chi connectivity index (χ0n) is 10.4. The number of hydrogen-bond acceptors (Lipinski definition) is 2. The summed E-state index contributed by atoms with van der Waals surface area (Å²) in [4.78, 5) is 0. The molecule has 1 heterocycles. The first-order chi connectivity index (χ1) is 8.72. The zero-order chi connectivity index (χ0) is 12.7. The van der Waals surface area contributed by atoms with Gasteiger partial charge in [-0.3, -0.25) is 0 Å². The lowest BCUT2D eigenvalue weighted by Crippen LogP contribution is -1.95. The molecule has 1 aromatic heterocycles. The van der Waals surface area contributed by atoms with E-state index < -0.39 is 0 Å². The first-order valence-electron chi connectivity index (χ1n) is 5.88. The highest BCUT2D eigenvalue weighted by atomic mass is 16.4. The van der Waals surface area contributed by atoms with E-state index in [9.17, 15) is 0 Å². The van der Waals surface area contributed by atoms with Crippen molar-refractivity contribution in [3.8, 4) is 0 Å². The number of nitrogens with zero attached hydrogens (tertiary/aromatic N) is 2. The Hall–Kier alpha value is -2.29. The fourth-order valence-corrected chi connectivity index (χ4v) is 2.44. The summed E-state index contributed by atoms with van der Waals surface area (Å²) in [5.41, 5.74) is 3.93. The predicted octanol–water partition coefficient (Wildman–Crippen LogP) is 3.53. The van der Waals surface area contributed by atoms with Crippen LogP contribution in [-0.4, -0.2) is 15.5 Å².